The largest absolute Gasteiger partial charge is 0.490 e. The van der Waals surface area contributed by atoms with Gasteiger partial charge in [-0.25, -0.2) is 5.43 Å². The third-order valence-electron chi connectivity index (χ3n) is 5.48. The number of nitrogens with zero attached hydrogens (tertiary/aromatic N) is 1. The number of hydrogen-bond acceptors (Lipinski definition) is 6. The summed E-state index contributed by atoms with van der Waals surface area (Å²) < 4.78 is 12.0. The van der Waals surface area contributed by atoms with E-state index in [9.17, 15) is 14.4 Å². The highest BCUT2D eigenvalue weighted by Crippen LogP contribution is 2.36. The number of aryl methyl sites for hydroxylation is 2. The van der Waals surface area contributed by atoms with Crippen LogP contribution >= 0.6 is 15.9 Å². The summed E-state index contributed by atoms with van der Waals surface area (Å²) in [6.45, 7) is 6.21. The van der Waals surface area contributed by atoms with E-state index in [2.05, 4.69) is 44.0 Å². The van der Waals surface area contributed by atoms with Crippen LogP contribution in [-0.2, 0) is 27.3 Å². The van der Waals surface area contributed by atoms with Crippen LogP contribution in [0.2, 0.25) is 0 Å². The van der Waals surface area contributed by atoms with Crippen molar-refractivity contribution in [3.63, 3.8) is 0 Å². The Bertz CT molecular complexity index is 1320. The molecule has 10 heteroatoms. The molecule has 0 aliphatic carbocycles. The van der Waals surface area contributed by atoms with Gasteiger partial charge in [-0.15, -0.1) is 0 Å². The molecule has 3 rings (SSSR count). The standard InChI is InChI=1S/C29H31BrN4O5/c1-4-20-10-12-23(13-11-20)33-26(35)18-39-27-24(30)14-22(15-25(27)38-5-2)17-32-34-29(37)28(36)31-16-21-8-6-19(3)7-9-21/h6-15,17H,4-5,16,18H2,1-3H3,(H,31,36)(H,33,35)(H,34,37)/b32-17-. The Kier molecular flexibility index (Phi) is 11.1. The molecule has 0 aromatic heterocycles. The van der Waals surface area contributed by atoms with Crippen LogP contribution in [0.3, 0.4) is 0 Å². The Labute approximate surface area is 236 Å². The van der Waals surface area contributed by atoms with Gasteiger partial charge in [0.2, 0.25) is 0 Å². The molecule has 0 atom stereocenters. The molecule has 0 saturated heterocycles. The summed E-state index contributed by atoms with van der Waals surface area (Å²) in [6.07, 6.45) is 2.29. The van der Waals surface area contributed by atoms with E-state index in [1.165, 1.54) is 11.8 Å². The lowest BCUT2D eigenvalue weighted by Crippen LogP contribution is -2.37. The van der Waals surface area contributed by atoms with Gasteiger partial charge in [0, 0.05) is 12.2 Å². The molecule has 0 fully saturated rings. The van der Waals surface area contributed by atoms with Gasteiger partial charge in [-0.1, -0.05) is 48.9 Å². The number of hydrogen-bond donors (Lipinski definition) is 3. The molecule has 3 N–H and O–H groups in total. The first-order valence-corrected chi connectivity index (χ1v) is 13.2. The predicted molar refractivity (Wildman–Crippen MR) is 154 cm³/mol. The fraction of sp³-hybridized carbons (Fsp3) is 0.241. The molecule has 0 spiro atoms. The van der Waals surface area contributed by atoms with Gasteiger partial charge in [-0.05, 0) is 77.2 Å². The minimum absolute atomic E-state index is 0.227. The fourth-order valence-corrected chi connectivity index (χ4v) is 3.98. The number of carbonyl (C=O) groups excluding carboxylic acids is 3. The smallest absolute Gasteiger partial charge is 0.329 e. The van der Waals surface area contributed by atoms with Crippen molar-refractivity contribution in [1.82, 2.24) is 10.7 Å². The lowest BCUT2D eigenvalue weighted by atomic mass is 10.1. The lowest BCUT2D eigenvalue weighted by molar-refractivity contribution is -0.139. The fourth-order valence-electron chi connectivity index (χ4n) is 3.41. The SMILES string of the molecule is CCOc1cc(/C=N\NC(=O)C(=O)NCc2ccc(C)cc2)cc(Br)c1OCC(=O)Nc1ccc(CC)cc1. The molecule has 3 aromatic carbocycles. The molecule has 0 aliphatic rings. The van der Waals surface area contributed by atoms with Gasteiger partial charge in [-0.3, -0.25) is 14.4 Å². The second-order valence-corrected chi connectivity index (χ2v) is 9.37. The van der Waals surface area contributed by atoms with Crippen molar-refractivity contribution in [2.45, 2.75) is 33.7 Å². The van der Waals surface area contributed by atoms with Gasteiger partial charge < -0.3 is 20.1 Å². The molecule has 0 aliphatic heterocycles. The number of benzene rings is 3. The Morgan fingerprint density at radius 3 is 2.28 bits per heavy atom. The molecule has 204 valence electrons. The maximum Gasteiger partial charge on any atom is 0.329 e. The van der Waals surface area contributed by atoms with Crippen LogP contribution in [0.4, 0.5) is 5.69 Å². The number of anilines is 1. The topological polar surface area (TPSA) is 118 Å². The number of carbonyl (C=O) groups is 3. The summed E-state index contributed by atoms with van der Waals surface area (Å²) in [4.78, 5) is 36.5. The van der Waals surface area contributed by atoms with Crippen LogP contribution in [0, 0.1) is 6.92 Å². The van der Waals surface area contributed by atoms with E-state index in [0.29, 0.717) is 33.8 Å². The van der Waals surface area contributed by atoms with E-state index in [1.807, 2.05) is 62.4 Å². The zero-order valence-electron chi connectivity index (χ0n) is 22.0. The Morgan fingerprint density at radius 1 is 0.923 bits per heavy atom. The third kappa shape index (κ3) is 9.26. The van der Waals surface area contributed by atoms with Crippen LogP contribution < -0.4 is 25.5 Å². The summed E-state index contributed by atoms with van der Waals surface area (Å²) in [5, 5.41) is 9.22. The zero-order valence-corrected chi connectivity index (χ0v) is 23.6. The number of rotatable bonds is 11. The minimum atomic E-state index is -0.891. The quantitative estimate of drug-likeness (QED) is 0.171. The molecular formula is C29H31BrN4O5. The van der Waals surface area contributed by atoms with E-state index in [0.717, 1.165) is 17.5 Å². The molecule has 0 unspecified atom stereocenters. The van der Waals surface area contributed by atoms with Gasteiger partial charge in [0.05, 0.1) is 17.3 Å². The summed E-state index contributed by atoms with van der Waals surface area (Å²) in [6, 6.07) is 18.6. The molecule has 0 heterocycles. The summed E-state index contributed by atoms with van der Waals surface area (Å²) in [7, 11) is 0. The zero-order chi connectivity index (χ0) is 28.2. The van der Waals surface area contributed by atoms with Gasteiger partial charge in [0.15, 0.2) is 18.1 Å². The van der Waals surface area contributed by atoms with Crippen molar-refractivity contribution in [2.75, 3.05) is 18.5 Å². The number of halogens is 1. The Morgan fingerprint density at radius 2 is 1.62 bits per heavy atom. The minimum Gasteiger partial charge on any atom is -0.490 e. The van der Waals surface area contributed by atoms with Crippen molar-refractivity contribution in [3.05, 3.63) is 87.4 Å². The van der Waals surface area contributed by atoms with Crippen molar-refractivity contribution >= 4 is 45.6 Å². The van der Waals surface area contributed by atoms with Crippen molar-refractivity contribution in [3.8, 4) is 11.5 Å². The van der Waals surface area contributed by atoms with Crippen LogP contribution in [0.1, 0.15) is 36.1 Å². The van der Waals surface area contributed by atoms with Gasteiger partial charge in [0.1, 0.15) is 0 Å². The van der Waals surface area contributed by atoms with E-state index < -0.39 is 11.8 Å². The lowest BCUT2D eigenvalue weighted by Gasteiger charge is -2.14. The van der Waals surface area contributed by atoms with Crippen LogP contribution in [-0.4, -0.2) is 37.1 Å². The first-order chi connectivity index (χ1) is 18.8. The second-order valence-electron chi connectivity index (χ2n) is 8.52. The van der Waals surface area contributed by atoms with E-state index in [-0.39, 0.29) is 19.1 Å². The van der Waals surface area contributed by atoms with Gasteiger partial charge in [-0.2, -0.15) is 5.10 Å². The molecule has 3 aromatic rings. The Balaban J connectivity index is 1.56. The second kappa shape index (κ2) is 14.7. The summed E-state index contributed by atoms with van der Waals surface area (Å²) in [5.41, 5.74) is 6.63. The van der Waals surface area contributed by atoms with Gasteiger partial charge in [0.25, 0.3) is 5.91 Å². The van der Waals surface area contributed by atoms with Crippen LogP contribution in [0.15, 0.2) is 70.2 Å². The van der Waals surface area contributed by atoms with Crippen LogP contribution in [0.25, 0.3) is 0 Å². The molecule has 3 amide bonds. The summed E-state index contributed by atoms with van der Waals surface area (Å²) in [5.74, 6) is -1.27. The van der Waals surface area contributed by atoms with E-state index in [1.54, 1.807) is 12.1 Å². The highest BCUT2D eigenvalue weighted by molar-refractivity contribution is 9.10. The monoisotopic (exact) mass is 594 g/mol. The van der Waals surface area contributed by atoms with Crippen molar-refractivity contribution in [1.29, 1.82) is 0 Å². The highest BCUT2D eigenvalue weighted by Gasteiger charge is 2.15. The average molecular weight is 595 g/mol. The van der Waals surface area contributed by atoms with Crippen molar-refractivity contribution < 1.29 is 23.9 Å². The molecular weight excluding hydrogens is 564 g/mol. The third-order valence-corrected chi connectivity index (χ3v) is 6.07. The maximum absolute atomic E-state index is 12.4. The van der Waals surface area contributed by atoms with Crippen molar-refractivity contribution in [2.24, 2.45) is 5.10 Å². The highest BCUT2D eigenvalue weighted by atomic mass is 79.9. The first-order valence-electron chi connectivity index (χ1n) is 12.4. The molecule has 0 saturated carbocycles. The van der Waals surface area contributed by atoms with Crippen LogP contribution in [0.5, 0.6) is 11.5 Å². The first kappa shape index (κ1) is 29.4. The number of hydrazone groups is 1. The predicted octanol–water partition coefficient (Wildman–Crippen LogP) is 4.50. The molecule has 39 heavy (non-hydrogen) atoms. The molecule has 0 bridgehead atoms. The van der Waals surface area contributed by atoms with E-state index >= 15 is 0 Å². The molecule has 0 radical (unpaired) electrons. The Hall–Kier alpha value is -4.18. The maximum atomic E-state index is 12.4. The molecule has 9 nitrogen and oxygen atoms in total. The van der Waals surface area contributed by atoms with Gasteiger partial charge >= 0.3 is 11.8 Å². The summed E-state index contributed by atoms with van der Waals surface area (Å²) >= 11 is 3.44. The number of ether oxygens (including phenoxy) is 2. The normalized spacial score (nSPS) is 10.7. The van der Waals surface area contributed by atoms with E-state index in [4.69, 9.17) is 9.47 Å². The number of amides is 3. The average Bonchev–Trinajstić information content (AvgIpc) is 2.92. The number of nitrogens with one attached hydrogen (secondary N) is 3.